The zero-order valence-electron chi connectivity index (χ0n) is 15.0. The molecule has 0 unspecified atom stereocenters. The van der Waals surface area contributed by atoms with Crippen LogP contribution in [0.25, 0.3) is 0 Å². The number of hydrogen-bond donors (Lipinski definition) is 0. The van der Waals surface area contributed by atoms with Crippen LogP contribution in [0.5, 0.6) is 5.75 Å². The van der Waals surface area contributed by atoms with Gasteiger partial charge in [0.2, 0.25) is 10.0 Å². The Morgan fingerprint density at radius 3 is 2.42 bits per heavy atom. The molecule has 1 saturated heterocycles. The molecule has 2 heterocycles. The summed E-state index contributed by atoms with van der Waals surface area (Å²) in [5, 5.41) is 0. The molecule has 0 amide bonds. The van der Waals surface area contributed by atoms with Crippen molar-refractivity contribution in [1.29, 1.82) is 0 Å². The van der Waals surface area contributed by atoms with Crippen LogP contribution in [0.3, 0.4) is 0 Å². The summed E-state index contributed by atoms with van der Waals surface area (Å²) in [5.41, 5.74) is 2.79. The second-order valence-electron chi connectivity index (χ2n) is 6.87. The van der Waals surface area contributed by atoms with Crippen molar-refractivity contribution in [3.63, 3.8) is 0 Å². The van der Waals surface area contributed by atoms with Crippen LogP contribution >= 0.6 is 0 Å². The number of benzene rings is 2. The number of sulfonamides is 1. The van der Waals surface area contributed by atoms with E-state index in [4.69, 9.17) is 4.74 Å². The highest BCUT2D eigenvalue weighted by molar-refractivity contribution is 7.89. The van der Waals surface area contributed by atoms with E-state index in [1.165, 1.54) is 11.1 Å². The fourth-order valence-corrected chi connectivity index (χ4v) is 5.21. The van der Waals surface area contributed by atoms with Crippen molar-refractivity contribution in [3.05, 3.63) is 59.7 Å². The first kappa shape index (κ1) is 17.5. The number of nitrogens with zero attached hydrogens (tertiary/aromatic N) is 2. The predicted octanol–water partition coefficient (Wildman–Crippen LogP) is 2.52. The molecule has 0 spiro atoms. The Hall–Kier alpha value is -1.89. The van der Waals surface area contributed by atoms with Crippen LogP contribution in [0.4, 0.5) is 0 Å². The molecule has 6 heteroatoms. The van der Waals surface area contributed by atoms with Crippen molar-refractivity contribution in [1.82, 2.24) is 9.21 Å². The van der Waals surface area contributed by atoms with E-state index in [0.29, 0.717) is 36.4 Å². The third-order valence-electron chi connectivity index (χ3n) is 5.28. The zero-order chi connectivity index (χ0) is 18.1. The Morgan fingerprint density at radius 1 is 1.04 bits per heavy atom. The molecule has 0 radical (unpaired) electrons. The van der Waals surface area contributed by atoms with E-state index in [2.05, 4.69) is 29.2 Å². The third-order valence-corrected chi connectivity index (χ3v) is 7.12. The first-order valence-electron chi connectivity index (χ1n) is 9.12. The molecule has 0 saturated carbocycles. The van der Waals surface area contributed by atoms with Gasteiger partial charge < -0.3 is 4.74 Å². The van der Waals surface area contributed by atoms with Gasteiger partial charge in [-0.2, -0.15) is 4.31 Å². The van der Waals surface area contributed by atoms with Crippen LogP contribution in [0.1, 0.15) is 18.1 Å². The molecule has 5 nitrogen and oxygen atoms in total. The molecule has 0 aliphatic carbocycles. The number of hydrogen-bond acceptors (Lipinski definition) is 4. The fraction of sp³-hybridized carbons (Fsp3) is 0.400. The Balaban J connectivity index is 1.39. The van der Waals surface area contributed by atoms with Crippen molar-refractivity contribution in [3.8, 4) is 5.75 Å². The van der Waals surface area contributed by atoms with Gasteiger partial charge in [0.05, 0.1) is 11.5 Å². The van der Waals surface area contributed by atoms with Gasteiger partial charge in [-0.15, -0.1) is 0 Å². The number of ether oxygens (including phenoxy) is 1. The zero-order valence-corrected chi connectivity index (χ0v) is 15.8. The Bertz CT molecular complexity index is 874. The molecule has 2 aromatic carbocycles. The highest BCUT2D eigenvalue weighted by Crippen LogP contribution is 2.28. The molecule has 138 valence electrons. The van der Waals surface area contributed by atoms with Gasteiger partial charge >= 0.3 is 0 Å². The lowest BCUT2D eigenvalue weighted by atomic mass is 9.97. The van der Waals surface area contributed by atoms with Gasteiger partial charge in [-0.05, 0) is 48.7 Å². The van der Waals surface area contributed by atoms with Crippen LogP contribution in [0, 0.1) is 0 Å². The molecule has 1 fully saturated rings. The minimum Gasteiger partial charge on any atom is -0.494 e. The van der Waals surface area contributed by atoms with E-state index in [-0.39, 0.29) is 0 Å². The molecule has 26 heavy (non-hydrogen) atoms. The molecule has 2 aromatic rings. The van der Waals surface area contributed by atoms with Crippen LogP contribution in [0.15, 0.2) is 53.4 Å². The molecular weight excluding hydrogens is 348 g/mol. The molecule has 2 aliphatic heterocycles. The van der Waals surface area contributed by atoms with Gasteiger partial charge in [-0.3, -0.25) is 4.90 Å². The van der Waals surface area contributed by atoms with Gasteiger partial charge in [-0.1, -0.05) is 24.3 Å². The maximum atomic E-state index is 12.8. The van der Waals surface area contributed by atoms with E-state index in [1.807, 2.05) is 6.92 Å². The Morgan fingerprint density at radius 2 is 1.73 bits per heavy atom. The summed E-state index contributed by atoms with van der Waals surface area (Å²) in [6.45, 7) is 5.52. The SMILES string of the molecule is CCOc1ccc(S(=O)(=O)N2CC(N3CCc4ccccc4C3)C2)cc1. The third kappa shape index (κ3) is 3.24. The molecular formula is C20H24N2O3S. The Kier molecular flexibility index (Phi) is 4.73. The second-order valence-corrected chi connectivity index (χ2v) is 8.81. The summed E-state index contributed by atoms with van der Waals surface area (Å²) in [5.74, 6) is 0.694. The van der Waals surface area contributed by atoms with Crippen molar-refractivity contribution in [2.45, 2.75) is 30.8 Å². The van der Waals surface area contributed by atoms with E-state index < -0.39 is 10.0 Å². The maximum Gasteiger partial charge on any atom is 0.243 e. The lowest BCUT2D eigenvalue weighted by Gasteiger charge is -2.46. The van der Waals surface area contributed by atoms with Gasteiger partial charge in [0.1, 0.15) is 5.75 Å². The molecule has 0 aromatic heterocycles. The normalized spacial score (nSPS) is 19.0. The minimum atomic E-state index is -3.41. The smallest absolute Gasteiger partial charge is 0.243 e. The topological polar surface area (TPSA) is 49.9 Å². The summed E-state index contributed by atoms with van der Waals surface area (Å²) in [4.78, 5) is 2.75. The highest BCUT2D eigenvalue weighted by atomic mass is 32.2. The summed E-state index contributed by atoms with van der Waals surface area (Å²) >= 11 is 0. The van der Waals surface area contributed by atoms with Gasteiger partial charge in [0.15, 0.2) is 0 Å². The first-order chi connectivity index (χ1) is 12.6. The van der Waals surface area contributed by atoms with E-state index >= 15 is 0 Å². The van der Waals surface area contributed by atoms with Crippen LogP contribution in [0.2, 0.25) is 0 Å². The lowest BCUT2D eigenvalue weighted by molar-refractivity contribution is 0.0769. The maximum absolute atomic E-state index is 12.8. The molecule has 2 aliphatic rings. The van der Waals surface area contributed by atoms with E-state index in [1.54, 1.807) is 28.6 Å². The largest absolute Gasteiger partial charge is 0.494 e. The summed E-state index contributed by atoms with van der Waals surface area (Å²) in [6, 6.07) is 15.5. The van der Waals surface area contributed by atoms with E-state index in [9.17, 15) is 8.42 Å². The quantitative estimate of drug-likeness (QED) is 0.809. The van der Waals surface area contributed by atoms with Crippen LogP contribution in [-0.4, -0.2) is 49.9 Å². The average Bonchev–Trinajstić information content (AvgIpc) is 2.61. The molecule has 0 N–H and O–H groups in total. The van der Waals surface area contributed by atoms with Crippen molar-refractivity contribution >= 4 is 10.0 Å². The van der Waals surface area contributed by atoms with Gasteiger partial charge in [-0.25, -0.2) is 8.42 Å². The predicted molar refractivity (Wildman–Crippen MR) is 101 cm³/mol. The van der Waals surface area contributed by atoms with E-state index in [0.717, 1.165) is 19.5 Å². The molecule has 0 atom stereocenters. The van der Waals surface area contributed by atoms with Gasteiger partial charge in [0.25, 0.3) is 0 Å². The fourth-order valence-electron chi connectivity index (χ4n) is 3.70. The van der Waals surface area contributed by atoms with Crippen molar-refractivity contribution < 1.29 is 13.2 Å². The van der Waals surface area contributed by atoms with Crippen molar-refractivity contribution in [2.24, 2.45) is 0 Å². The van der Waals surface area contributed by atoms with Crippen molar-refractivity contribution in [2.75, 3.05) is 26.2 Å². The summed E-state index contributed by atoms with van der Waals surface area (Å²) in [7, 11) is -3.41. The second kappa shape index (κ2) is 7.02. The monoisotopic (exact) mass is 372 g/mol. The highest BCUT2D eigenvalue weighted by Gasteiger charge is 2.40. The molecule has 4 rings (SSSR count). The summed E-state index contributed by atoms with van der Waals surface area (Å²) < 4.78 is 32.5. The molecule has 0 bridgehead atoms. The lowest BCUT2D eigenvalue weighted by Crippen LogP contribution is -2.61. The standard InChI is InChI=1S/C20H24N2O3S/c1-2-25-19-7-9-20(10-8-19)26(23,24)22-14-18(15-22)21-12-11-16-5-3-4-6-17(16)13-21/h3-10,18H,2,11-15H2,1H3. The van der Waals surface area contributed by atoms with Gasteiger partial charge in [0, 0.05) is 32.2 Å². The number of rotatable bonds is 5. The Labute approximate surface area is 155 Å². The first-order valence-corrected chi connectivity index (χ1v) is 10.6. The summed E-state index contributed by atoms with van der Waals surface area (Å²) in [6.07, 6.45) is 1.04. The van der Waals surface area contributed by atoms with Crippen LogP contribution < -0.4 is 4.74 Å². The minimum absolute atomic E-state index is 0.306. The average molecular weight is 372 g/mol. The number of fused-ring (bicyclic) bond motifs is 1. The van der Waals surface area contributed by atoms with Crippen LogP contribution in [-0.2, 0) is 23.0 Å².